The highest BCUT2D eigenvalue weighted by Gasteiger charge is 2.18. The van der Waals surface area contributed by atoms with Gasteiger partial charge >= 0.3 is 5.97 Å². The first-order chi connectivity index (χ1) is 11.3. The monoisotopic (exact) mass is 342 g/mol. The van der Waals surface area contributed by atoms with Crippen LogP contribution in [0.15, 0.2) is 4.99 Å². The van der Waals surface area contributed by atoms with E-state index in [2.05, 4.69) is 18.8 Å². The predicted octanol–water partition coefficient (Wildman–Crippen LogP) is 3.07. The zero-order valence-electron chi connectivity index (χ0n) is 16.2. The van der Waals surface area contributed by atoms with Gasteiger partial charge in [-0.05, 0) is 24.7 Å². The molecule has 0 radical (unpaired) electrons. The number of rotatable bonds is 15. The van der Waals surface area contributed by atoms with Gasteiger partial charge in [0.25, 0.3) is 0 Å². The van der Waals surface area contributed by atoms with Gasteiger partial charge in [-0.2, -0.15) is 0 Å². The Balaban J connectivity index is 4.31. The summed E-state index contributed by atoms with van der Waals surface area (Å²) in [4.78, 5) is 15.1. The highest BCUT2D eigenvalue weighted by molar-refractivity contribution is 5.74. The molecule has 0 bridgehead atoms. The molecule has 0 amide bonds. The zero-order valence-corrected chi connectivity index (χ0v) is 16.2. The lowest BCUT2D eigenvalue weighted by Gasteiger charge is -2.28. The molecule has 5 heteroatoms. The minimum Gasteiger partial charge on any atom is -0.862 e. The Kier molecular flexibility index (Phi) is 12.6. The molecular formula is C19H38N2O3. The summed E-state index contributed by atoms with van der Waals surface area (Å²) in [7, 11) is 3.79. The Morgan fingerprint density at radius 3 is 2.25 bits per heavy atom. The molecule has 142 valence electrons. The van der Waals surface area contributed by atoms with Gasteiger partial charge in [-0.1, -0.05) is 52.4 Å². The fraction of sp³-hybridized carbons (Fsp3) is 0.895. The molecular weight excluding hydrogens is 304 g/mol. The topological polar surface area (TPSA) is 72.7 Å². The lowest BCUT2D eigenvalue weighted by molar-refractivity contribution is -0.883. The number of carboxylic acid groups (broad SMARTS) is 1. The maximum Gasteiger partial charge on any atom is 0.359 e. The number of nitrogens with zero attached hydrogens (tertiary/aromatic N) is 2. The quantitative estimate of drug-likeness (QED) is 0.215. The van der Waals surface area contributed by atoms with Crippen LogP contribution in [0, 0.1) is 5.92 Å². The summed E-state index contributed by atoms with van der Waals surface area (Å²) in [5.74, 6) is -0.647. The minimum absolute atomic E-state index is 0.0588. The predicted molar refractivity (Wildman–Crippen MR) is 98.2 cm³/mol. The molecule has 1 unspecified atom stereocenters. The number of aliphatic imine (C=N–C) groups is 1. The average Bonchev–Trinajstić information content (AvgIpc) is 2.49. The molecule has 0 aromatic rings. The second-order valence-electron chi connectivity index (χ2n) is 7.47. The number of carboxylic acids is 1. The average molecular weight is 343 g/mol. The number of carbonyl (C=O) groups is 1. The molecule has 0 aliphatic heterocycles. The summed E-state index contributed by atoms with van der Waals surface area (Å²) < 4.78 is 0.426. The van der Waals surface area contributed by atoms with Crippen LogP contribution in [0.4, 0.5) is 0 Å². The molecule has 0 aliphatic rings. The van der Waals surface area contributed by atoms with Crippen LogP contribution in [-0.4, -0.2) is 55.2 Å². The fourth-order valence-electron chi connectivity index (χ4n) is 2.92. The molecule has 0 aliphatic carbocycles. The zero-order chi connectivity index (χ0) is 18.4. The molecule has 0 heterocycles. The largest absolute Gasteiger partial charge is 0.862 e. The van der Waals surface area contributed by atoms with Gasteiger partial charge in [-0.25, -0.2) is 4.79 Å². The van der Waals surface area contributed by atoms with Gasteiger partial charge in [0.2, 0.25) is 0 Å². The third-order valence-electron chi connectivity index (χ3n) is 4.41. The molecule has 24 heavy (non-hydrogen) atoms. The van der Waals surface area contributed by atoms with E-state index >= 15 is 0 Å². The van der Waals surface area contributed by atoms with Crippen molar-refractivity contribution in [1.29, 1.82) is 0 Å². The van der Waals surface area contributed by atoms with E-state index in [0.29, 0.717) is 11.0 Å². The van der Waals surface area contributed by atoms with E-state index in [0.717, 1.165) is 45.1 Å². The van der Waals surface area contributed by atoms with Crippen LogP contribution >= 0.6 is 0 Å². The van der Waals surface area contributed by atoms with Gasteiger partial charge in [-0.15, -0.1) is 0 Å². The highest BCUT2D eigenvalue weighted by Crippen LogP contribution is 2.17. The lowest BCUT2D eigenvalue weighted by Crippen LogP contribution is -2.44. The summed E-state index contributed by atoms with van der Waals surface area (Å²) in [6.07, 6.45) is 9.63. The van der Waals surface area contributed by atoms with Crippen molar-refractivity contribution in [3.8, 4) is 0 Å². The van der Waals surface area contributed by atoms with Crippen molar-refractivity contribution in [2.45, 2.75) is 71.6 Å². The van der Waals surface area contributed by atoms with E-state index in [9.17, 15) is 9.90 Å². The Bertz CT molecular complexity index is 368. The third kappa shape index (κ3) is 12.3. The highest BCUT2D eigenvalue weighted by atomic mass is 16.4. The number of hydrogen-bond donors (Lipinski definition) is 1. The van der Waals surface area contributed by atoms with Crippen LogP contribution in [0.3, 0.4) is 0 Å². The van der Waals surface area contributed by atoms with Crippen molar-refractivity contribution < 1.29 is 19.5 Å². The van der Waals surface area contributed by atoms with E-state index in [4.69, 9.17) is 5.11 Å². The van der Waals surface area contributed by atoms with Gasteiger partial charge in [-0.3, -0.25) is 0 Å². The molecule has 5 nitrogen and oxygen atoms in total. The fourth-order valence-corrected chi connectivity index (χ4v) is 2.92. The van der Waals surface area contributed by atoms with Gasteiger partial charge in [0.15, 0.2) is 6.54 Å². The summed E-state index contributed by atoms with van der Waals surface area (Å²) in [5, 5.41) is 21.2. The molecule has 0 saturated heterocycles. The first-order valence-corrected chi connectivity index (χ1v) is 9.57. The lowest BCUT2D eigenvalue weighted by atomic mass is 9.95. The number of unbranched alkanes of at least 4 members (excludes halogenated alkanes) is 4. The Hall–Kier alpha value is -1.10. The van der Waals surface area contributed by atoms with Gasteiger partial charge in [0, 0.05) is 13.0 Å². The standard InChI is InChI=1S/C19H38N2O3/c1-5-7-9-10-13-17(12-8-6-2)19(24)20-14-11-15-21(3,4)16-18(22)23/h17H,5-16H2,1-4H3,(H-,20,22,23,24). The summed E-state index contributed by atoms with van der Waals surface area (Å²) in [6.45, 7) is 5.68. The van der Waals surface area contributed by atoms with Crippen LogP contribution in [0.25, 0.3) is 0 Å². The first kappa shape index (κ1) is 22.9. The van der Waals surface area contributed by atoms with Crippen LogP contribution < -0.4 is 5.11 Å². The third-order valence-corrected chi connectivity index (χ3v) is 4.41. The summed E-state index contributed by atoms with van der Waals surface area (Å²) >= 11 is 0. The molecule has 0 rings (SSSR count). The van der Waals surface area contributed by atoms with E-state index in [1.165, 1.54) is 19.3 Å². The summed E-state index contributed by atoms with van der Waals surface area (Å²) in [5.41, 5.74) is 0. The van der Waals surface area contributed by atoms with Crippen molar-refractivity contribution in [2.75, 3.05) is 33.7 Å². The summed E-state index contributed by atoms with van der Waals surface area (Å²) in [6, 6.07) is 0. The van der Waals surface area contributed by atoms with Gasteiger partial charge in [0.1, 0.15) is 0 Å². The van der Waals surface area contributed by atoms with Crippen molar-refractivity contribution >= 4 is 11.9 Å². The van der Waals surface area contributed by atoms with E-state index in [-0.39, 0.29) is 18.4 Å². The van der Waals surface area contributed by atoms with Crippen LogP contribution in [0.1, 0.15) is 71.6 Å². The normalized spacial score (nSPS) is 13.9. The molecule has 0 aromatic carbocycles. The van der Waals surface area contributed by atoms with Crippen molar-refractivity contribution in [1.82, 2.24) is 0 Å². The van der Waals surface area contributed by atoms with Crippen LogP contribution in [0.5, 0.6) is 0 Å². The SMILES string of the molecule is CCCCCCC(CCCC)C([O-])=NCCC[N+](C)(C)CC(=O)O. The van der Waals surface area contributed by atoms with Crippen LogP contribution in [0.2, 0.25) is 0 Å². The van der Waals surface area contributed by atoms with Crippen molar-refractivity contribution in [3.05, 3.63) is 0 Å². The first-order valence-electron chi connectivity index (χ1n) is 9.57. The Morgan fingerprint density at radius 1 is 1.04 bits per heavy atom. The number of likely N-dealkylation sites (N-methyl/N-ethyl adjacent to an activating group) is 1. The second kappa shape index (κ2) is 13.2. The maximum atomic E-state index is 12.3. The number of quaternary nitrogens is 1. The minimum atomic E-state index is -0.792. The maximum absolute atomic E-state index is 12.3. The number of hydrogen-bond acceptors (Lipinski definition) is 3. The van der Waals surface area contributed by atoms with E-state index < -0.39 is 5.97 Å². The molecule has 0 aromatic heterocycles. The molecule has 0 fully saturated rings. The molecule has 1 N–H and O–H groups in total. The second-order valence-corrected chi connectivity index (χ2v) is 7.47. The van der Waals surface area contributed by atoms with Crippen molar-refractivity contribution in [2.24, 2.45) is 10.9 Å². The van der Waals surface area contributed by atoms with Gasteiger partial charge < -0.3 is 19.7 Å². The number of aliphatic carboxylic acids is 1. The Labute approximate surface area is 148 Å². The molecule has 0 spiro atoms. The van der Waals surface area contributed by atoms with E-state index in [1.807, 2.05) is 14.1 Å². The molecule has 0 saturated carbocycles. The molecule has 1 atom stereocenters. The van der Waals surface area contributed by atoms with Gasteiger partial charge in [0.05, 0.1) is 20.6 Å². The van der Waals surface area contributed by atoms with Crippen molar-refractivity contribution in [3.63, 3.8) is 0 Å². The Morgan fingerprint density at radius 2 is 1.67 bits per heavy atom. The van der Waals surface area contributed by atoms with Crippen LogP contribution in [-0.2, 0) is 4.79 Å². The smallest absolute Gasteiger partial charge is 0.359 e. The van der Waals surface area contributed by atoms with E-state index in [1.54, 1.807) is 0 Å².